The molecule has 84 valence electrons. The molecule has 5 heteroatoms. The van der Waals surface area contributed by atoms with Crippen molar-refractivity contribution in [1.29, 1.82) is 0 Å². The van der Waals surface area contributed by atoms with Crippen LogP contribution < -0.4 is 4.74 Å². The zero-order valence-electron chi connectivity index (χ0n) is 8.39. The second-order valence-corrected chi connectivity index (χ2v) is 4.75. The second-order valence-electron chi connectivity index (χ2n) is 3.18. The summed E-state index contributed by atoms with van der Waals surface area (Å²) in [5.74, 6) is 0.736. The molecule has 0 aliphatic heterocycles. The molecule has 0 saturated carbocycles. The summed E-state index contributed by atoms with van der Waals surface area (Å²) in [6.45, 7) is 0.449. The van der Waals surface area contributed by atoms with Gasteiger partial charge in [-0.1, -0.05) is 15.9 Å². The Bertz CT molecular complexity index is 459. The van der Waals surface area contributed by atoms with Gasteiger partial charge in [0.1, 0.15) is 12.4 Å². The Labute approximate surface area is 106 Å². The third kappa shape index (κ3) is 2.81. The zero-order valence-corrected chi connectivity index (χ0v) is 10.8. The van der Waals surface area contributed by atoms with Gasteiger partial charge in [0.2, 0.25) is 0 Å². The summed E-state index contributed by atoms with van der Waals surface area (Å²) in [5, 5.41) is 11.0. The van der Waals surface area contributed by atoms with Crippen LogP contribution in [-0.2, 0) is 13.2 Å². The summed E-state index contributed by atoms with van der Waals surface area (Å²) < 4.78 is 6.45. The van der Waals surface area contributed by atoms with Gasteiger partial charge >= 0.3 is 0 Å². The van der Waals surface area contributed by atoms with Crippen LogP contribution in [0.1, 0.15) is 11.3 Å². The van der Waals surface area contributed by atoms with Crippen LogP contribution in [0.3, 0.4) is 0 Å². The van der Waals surface area contributed by atoms with Crippen LogP contribution in [0.4, 0.5) is 0 Å². The Morgan fingerprint density at radius 2 is 2.31 bits per heavy atom. The molecule has 1 aromatic heterocycles. The molecule has 0 saturated heterocycles. The average molecular weight is 300 g/mol. The molecule has 2 aromatic rings. The molecule has 3 nitrogen and oxygen atoms in total. The van der Waals surface area contributed by atoms with Gasteiger partial charge in [0.05, 0.1) is 17.8 Å². The number of thiazole rings is 1. The summed E-state index contributed by atoms with van der Waals surface area (Å²) in [6.07, 6.45) is 0. The average Bonchev–Trinajstić information content (AvgIpc) is 2.81. The largest absolute Gasteiger partial charge is 0.487 e. The van der Waals surface area contributed by atoms with Crippen LogP contribution >= 0.6 is 27.3 Å². The Morgan fingerprint density at radius 3 is 3.00 bits per heavy atom. The molecule has 0 spiro atoms. The molecule has 0 aliphatic rings. The van der Waals surface area contributed by atoms with Gasteiger partial charge in [-0.15, -0.1) is 11.3 Å². The summed E-state index contributed by atoms with van der Waals surface area (Å²) in [6, 6.07) is 5.54. The lowest BCUT2D eigenvalue weighted by Crippen LogP contribution is -1.96. The van der Waals surface area contributed by atoms with E-state index < -0.39 is 0 Å². The number of benzene rings is 1. The fraction of sp³-hybridized carbons (Fsp3) is 0.182. The number of hydrogen-bond donors (Lipinski definition) is 1. The standard InChI is InChI=1S/C11H10BrNO2S/c12-11-2-1-10(3-8(11)4-14)15-5-9-6-16-7-13-9/h1-3,6-7,14H,4-5H2. The molecular weight excluding hydrogens is 290 g/mol. The SMILES string of the molecule is OCc1cc(OCc2cscn2)ccc1Br. The quantitative estimate of drug-likeness (QED) is 0.944. The molecule has 0 amide bonds. The van der Waals surface area contributed by atoms with Crippen molar-refractivity contribution in [2.24, 2.45) is 0 Å². The maximum Gasteiger partial charge on any atom is 0.131 e. The van der Waals surface area contributed by atoms with Crippen molar-refractivity contribution in [3.05, 3.63) is 44.8 Å². The van der Waals surface area contributed by atoms with Gasteiger partial charge in [-0.05, 0) is 23.8 Å². The van der Waals surface area contributed by atoms with E-state index in [2.05, 4.69) is 20.9 Å². The lowest BCUT2D eigenvalue weighted by Gasteiger charge is -2.07. The van der Waals surface area contributed by atoms with Crippen molar-refractivity contribution < 1.29 is 9.84 Å². The number of halogens is 1. The summed E-state index contributed by atoms with van der Waals surface area (Å²) in [7, 11) is 0. The van der Waals surface area contributed by atoms with Gasteiger partial charge in [0.15, 0.2) is 0 Å². The Balaban J connectivity index is 2.04. The van der Waals surface area contributed by atoms with Gasteiger partial charge in [-0.2, -0.15) is 0 Å². The third-order valence-corrected chi connectivity index (χ3v) is 3.47. The fourth-order valence-electron chi connectivity index (χ4n) is 1.23. The maximum absolute atomic E-state index is 9.10. The summed E-state index contributed by atoms with van der Waals surface area (Å²) in [5.41, 5.74) is 3.51. The Morgan fingerprint density at radius 1 is 1.44 bits per heavy atom. The normalized spacial score (nSPS) is 10.4. The van der Waals surface area contributed by atoms with Crippen LogP contribution in [0.2, 0.25) is 0 Å². The highest BCUT2D eigenvalue weighted by Gasteiger charge is 2.02. The lowest BCUT2D eigenvalue weighted by atomic mass is 10.2. The Kier molecular flexibility index (Phi) is 3.93. The molecule has 1 N–H and O–H groups in total. The van der Waals surface area contributed by atoms with Crippen LogP contribution in [-0.4, -0.2) is 10.1 Å². The predicted octanol–water partition coefficient (Wildman–Crippen LogP) is 2.98. The molecule has 1 aromatic carbocycles. The van der Waals surface area contributed by atoms with E-state index in [0.29, 0.717) is 6.61 Å². The Hall–Kier alpha value is -0.910. The van der Waals surface area contributed by atoms with E-state index in [1.165, 1.54) is 0 Å². The molecule has 2 rings (SSSR count). The molecule has 0 atom stereocenters. The molecule has 0 unspecified atom stereocenters. The van der Waals surface area contributed by atoms with Crippen molar-refractivity contribution >= 4 is 27.3 Å². The van der Waals surface area contributed by atoms with E-state index in [1.54, 1.807) is 16.8 Å². The van der Waals surface area contributed by atoms with Gasteiger partial charge in [-0.25, -0.2) is 4.98 Å². The number of ether oxygens (including phenoxy) is 1. The van der Waals surface area contributed by atoms with Crippen molar-refractivity contribution in [3.63, 3.8) is 0 Å². The van der Waals surface area contributed by atoms with Crippen molar-refractivity contribution in [2.75, 3.05) is 0 Å². The number of aliphatic hydroxyl groups is 1. The van der Waals surface area contributed by atoms with E-state index in [4.69, 9.17) is 9.84 Å². The van der Waals surface area contributed by atoms with Crippen LogP contribution in [0.5, 0.6) is 5.75 Å². The maximum atomic E-state index is 9.10. The van der Waals surface area contributed by atoms with Crippen LogP contribution in [0.15, 0.2) is 33.6 Å². The first-order chi connectivity index (χ1) is 7.79. The fourth-order valence-corrected chi connectivity index (χ4v) is 2.14. The smallest absolute Gasteiger partial charge is 0.131 e. The van der Waals surface area contributed by atoms with E-state index in [1.807, 2.05) is 23.6 Å². The monoisotopic (exact) mass is 299 g/mol. The topological polar surface area (TPSA) is 42.4 Å². The molecular formula is C11H10BrNO2S. The van der Waals surface area contributed by atoms with Crippen LogP contribution in [0.25, 0.3) is 0 Å². The molecule has 0 radical (unpaired) electrons. The van der Waals surface area contributed by atoms with Crippen molar-refractivity contribution in [3.8, 4) is 5.75 Å². The van der Waals surface area contributed by atoms with Gasteiger partial charge in [0, 0.05) is 9.85 Å². The molecule has 16 heavy (non-hydrogen) atoms. The first-order valence-electron chi connectivity index (χ1n) is 4.69. The minimum atomic E-state index is -0.00547. The minimum Gasteiger partial charge on any atom is -0.487 e. The second kappa shape index (κ2) is 5.43. The summed E-state index contributed by atoms with van der Waals surface area (Å²) >= 11 is 4.90. The number of rotatable bonds is 4. The number of nitrogens with zero attached hydrogens (tertiary/aromatic N) is 1. The zero-order chi connectivity index (χ0) is 11.4. The molecule has 0 aliphatic carbocycles. The first kappa shape index (κ1) is 11.6. The first-order valence-corrected chi connectivity index (χ1v) is 6.42. The predicted molar refractivity (Wildman–Crippen MR) is 66.5 cm³/mol. The van der Waals surface area contributed by atoms with Crippen molar-refractivity contribution in [1.82, 2.24) is 4.98 Å². The highest BCUT2D eigenvalue weighted by molar-refractivity contribution is 9.10. The number of hydrogen-bond acceptors (Lipinski definition) is 4. The molecule has 0 bridgehead atoms. The van der Waals surface area contributed by atoms with Gasteiger partial charge in [0.25, 0.3) is 0 Å². The van der Waals surface area contributed by atoms with Gasteiger partial charge < -0.3 is 9.84 Å². The van der Waals surface area contributed by atoms with E-state index in [9.17, 15) is 0 Å². The van der Waals surface area contributed by atoms with E-state index in [0.717, 1.165) is 21.5 Å². The van der Waals surface area contributed by atoms with E-state index in [-0.39, 0.29) is 6.61 Å². The number of aliphatic hydroxyl groups excluding tert-OH is 1. The molecule has 0 fully saturated rings. The minimum absolute atomic E-state index is 0.00547. The van der Waals surface area contributed by atoms with Crippen molar-refractivity contribution in [2.45, 2.75) is 13.2 Å². The summed E-state index contributed by atoms with van der Waals surface area (Å²) in [4.78, 5) is 4.13. The van der Waals surface area contributed by atoms with E-state index >= 15 is 0 Å². The third-order valence-electron chi connectivity index (χ3n) is 2.06. The van der Waals surface area contributed by atoms with Crippen LogP contribution in [0, 0.1) is 0 Å². The highest BCUT2D eigenvalue weighted by Crippen LogP contribution is 2.23. The number of aromatic nitrogens is 1. The highest BCUT2D eigenvalue weighted by atomic mass is 79.9. The van der Waals surface area contributed by atoms with Gasteiger partial charge in [-0.3, -0.25) is 0 Å². The lowest BCUT2D eigenvalue weighted by molar-refractivity contribution is 0.276. The molecule has 1 heterocycles.